The van der Waals surface area contributed by atoms with Crippen molar-refractivity contribution in [2.45, 2.75) is 6.54 Å². The molecular weight excluding hydrogens is 262 g/mol. The van der Waals surface area contributed by atoms with Gasteiger partial charge < -0.3 is 15.0 Å². The minimum atomic E-state index is -0.545. The number of ether oxygens (including phenoxy) is 1. The molecule has 2 aromatic rings. The van der Waals surface area contributed by atoms with Crippen molar-refractivity contribution >= 4 is 11.4 Å². The first-order valence-corrected chi connectivity index (χ1v) is 5.89. The van der Waals surface area contributed by atoms with E-state index in [2.05, 4.69) is 0 Å². The van der Waals surface area contributed by atoms with Crippen molar-refractivity contribution in [2.75, 3.05) is 12.3 Å². The van der Waals surface area contributed by atoms with Gasteiger partial charge in [-0.05, 0) is 24.3 Å². The first-order valence-electron chi connectivity index (χ1n) is 5.89. The molecule has 2 rings (SSSR count). The van der Waals surface area contributed by atoms with Crippen LogP contribution in [0.4, 0.5) is 11.4 Å². The summed E-state index contributed by atoms with van der Waals surface area (Å²) in [6.45, 7) is 0.454. The highest BCUT2D eigenvalue weighted by molar-refractivity contribution is 5.41. The van der Waals surface area contributed by atoms with Crippen molar-refractivity contribution in [3.63, 3.8) is 0 Å². The highest BCUT2D eigenvalue weighted by Gasteiger charge is 2.07. The molecule has 0 fully saturated rings. The minimum absolute atomic E-state index is 0.128. The van der Waals surface area contributed by atoms with Gasteiger partial charge in [0, 0.05) is 17.8 Å². The lowest BCUT2D eigenvalue weighted by atomic mass is 10.3. The van der Waals surface area contributed by atoms with Gasteiger partial charge in [-0.25, -0.2) is 0 Å². The Labute approximate surface area is 114 Å². The Morgan fingerprint density at radius 2 is 1.90 bits per heavy atom. The Bertz CT molecular complexity index is 664. The van der Waals surface area contributed by atoms with Gasteiger partial charge in [0.1, 0.15) is 12.4 Å². The van der Waals surface area contributed by atoms with E-state index in [1.807, 2.05) is 0 Å². The zero-order chi connectivity index (χ0) is 14.5. The van der Waals surface area contributed by atoms with Crippen molar-refractivity contribution in [2.24, 2.45) is 0 Å². The lowest BCUT2D eigenvalue weighted by molar-refractivity contribution is -0.385. The molecule has 0 aliphatic heterocycles. The molecule has 0 aliphatic carbocycles. The Hall–Kier alpha value is -2.83. The van der Waals surface area contributed by atoms with E-state index in [4.69, 9.17) is 10.5 Å². The molecule has 20 heavy (non-hydrogen) atoms. The number of anilines is 1. The molecule has 0 bridgehead atoms. The molecule has 0 unspecified atom stereocenters. The quantitative estimate of drug-likeness (QED) is 0.505. The first kappa shape index (κ1) is 13.6. The fourth-order valence-corrected chi connectivity index (χ4v) is 1.63. The van der Waals surface area contributed by atoms with Gasteiger partial charge in [-0.2, -0.15) is 0 Å². The molecule has 0 radical (unpaired) electrons. The van der Waals surface area contributed by atoms with E-state index in [0.29, 0.717) is 11.4 Å². The summed E-state index contributed by atoms with van der Waals surface area (Å²) in [6.07, 6.45) is 1.20. The highest BCUT2D eigenvalue weighted by Crippen LogP contribution is 2.13. The number of aromatic nitrogens is 1. The van der Waals surface area contributed by atoms with Crippen LogP contribution < -0.4 is 16.0 Å². The minimum Gasteiger partial charge on any atom is -0.492 e. The Balaban J connectivity index is 2.00. The zero-order valence-corrected chi connectivity index (χ0v) is 10.6. The largest absolute Gasteiger partial charge is 0.492 e. The third-order valence-corrected chi connectivity index (χ3v) is 2.66. The van der Waals surface area contributed by atoms with Crippen LogP contribution >= 0.6 is 0 Å². The highest BCUT2D eigenvalue weighted by atomic mass is 16.6. The summed E-state index contributed by atoms with van der Waals surface area (Å²) in [5.41, 5.74) is 5.74. The topological polar surface area (TPSA) is 100 Å². The Kier molecular flexibility index (Phi) is 3.99. The molecule has 1 aromatic heterocycles. The maximum Gasteiger partial charge on any atom is 0.285 e. The van der Waals surface area contributed by atoms with E-state index < -0.39 is 4.92 Å². The molecule has 1 aromatic carbocycles. The number of benzene rings is 1. The first-order chi connectivity index (χ1) is 9.56. The molecule has 0 aliphatic rings. The SMILES string of the molecule is Nc1ccc(OCCn2cc([N+](=O)[O-])ccc2=O)cc1. The van der Waals surface area contributed by atoms with Crippen molar-refractivity contribution in [1.82, 2.24) is 4.57 Å². The molecule has 0 saturated heterocycles. The average Bonchev–Trinajstić information content (AvgIpc) is 2.43. The van der Waals surface area contributed by atoms with Crippen LogP contribution in [0.5, 0.6) is 5.75 Å². The maximum absolute atomic E-state index is 11.5. The van der Waals surface area contributed by atoms with Crippen LogP contribution in [0, 0.1) is 10.1 Å². The van der Waals surface area contributed by atoms with Crippen LogP contribution in [0.2, 0.25) is 0 Å². The van der Waals surface area contributed by atoms with Crippen molar-refractivity contribution in [1.29, 1.82) is 0 Å². The van der Waals surface area contributed by atoms with Gasteiger partial charge in [-0.3, -0.25) is 14.9 Å². The average molecular weight is 275 g/mol. The van der Waals surface area contributed by atoms with Crippen molar-refractivity contribution in [3.8, 4) is 5.75 Å². The predicted octanol–water partition coefficient (Wildman–Crippen LogP) is 1.42. The summed E-state index contributed by atoms with van der Waals surface area (Å²) in [7, 11) is 0. The molecule has 2 N–H and O–H groups in total. The smallest absolute Gasteiger partial charge is 0.285 e. The molecule has 0 atom stereocenters. The zero-order valence-electron chi connectivity index (χ0n) is 10.6. The number of hydrogen-bond donors (Lipinski definition) is 1. The van der Waals surface area contributed by atoms with E-state index in [-0.39, 0.29) is 24.4 Å². The van der Waals surface area contributed by atoms with Crippen molar-refractivity contribution < 1.29 is 9.66 Å². The monoisotopic (exact) mass is 275 g/mol. The number of pyridine rings is 1. The van der Waals surface area contributed by atoms with Crippen LogP contribution in [0.25, 0.3) is 0 Å². The summed E-state index contributed by atoms with van der Waals surface area (Å²) >= 11 is 0. The van der Waals surface area contributed by atoms with E-state index in [1.165, 1.54) is 22.9 Å². The lowest BCUT2D eigenvalue weighted by Gasteiger charge is -2.08. The number of nitrogens with zero attached hydrogens (tertiary/aromatic N) is 2. The molecule has 7 nitrogen and oxygen atoms in total. The normalized spacial score (nSPS) is 10.2. The van der Waals surface area contributed by atoms with E-state index in [9.17, 15) is 14.9 Å². The summed E-state index contributed by atoms with van der Waals surface area (Å²) in [5.74, 6) is 0.623. The lowest BCUT2D eigenvalue weighted by Crippen LogP contribution is -2.22. The Morgan fingerprint density at radius 3 is 2.55 bits per heavy atom. The van der Waals surface area contributed by atoms with E-state index >= 15 is 0 Å². The number of rotatable bonds is 5. The summed E-state index contributed by atoms with van der Waals surface area (Å²) in [4.78, 5) is 21.6. The fourth-order valence-electron chi connectivity index (χ4n) is 1.63. The molecular formula is C13H13N3O4. The van der Waals surface area contributed by atoms with Crippen LogP contribution in [-0.4, -0.2) is 16.1 Å². The Morgan fingerprint density at radius 1 is 1.20 bits per heavy atom. The molecule has 7 heteroatoms. The number of nitrogen functional groups attached to an aromatic ring is 1. The second-order valence-electron chi connectivity index (χ2n) is 4.09. The summed E-state index contributed by atoms with van der Waals surface area (Å²) in [5, 5.41) is 10.6. The van der Waals surface area contributed by atoms with E-state index in [1.54, 1.807) is 24.3 Å². The second-order valence-corrected chi connectivity index (χ2v) is 4.09. The standard InChI is InChI=1S/C13H13N3O4/c14-10-1-4-12(5-2-10)20-8-7-15-9-11(16(18)19)3-6-13(15)17/h1-6,9H,7-8,14H2. The molecule has 0 amide bonds. The summed E-state index contributed by atoms with van der Waals surface area (Å²) < 4.78 is 6.68. The van der Waals surface area contributed by atoms with Gasteiger partial charge in [0.05, 0.1) is 17.7 Å². The molecule has 0 spiro atoms. The molecule has 0 saturated carbocycles. The van der Waals surface area contributed by atoms with Crippen LogP contribution in [-0.2, 0) is 6.54 Å². The van der Waals surface area contributed by atoms with Gasteiger partial charge in [0.2, 0.25) is 0 Å². The maximum atomic E-state index is 11.5. The number of nitrogens with two attached hydrogens (primary N) is 1. The van der Waals surface area contributed by atoms with Gasteiger partial charge >= 0.3 is 0 Å². The van der Waals surface area contributed by atoms with Crippen molar-refractivity contribution in [3.05, 3.63) is 63.1 Å². The van der Waals surface area contributed by atoms with Gasteiger partial charge in [0.25, 0.3) is 11.2 Å². The fraction of sp³-hybridized carbons (Fsp3) is 0.154. The molecule has 1 heterocycles. The summed E-state index contributed by atoms with van der Waals surface area (Å²) in [6, 6.07) is 9.18. The van der Waals surface area contributed by atoms with Crippen LogP contribution in [0.1, 0.15) is 0 Å². The van der Waals surface area contributed by atoms with Gasteiger partial charge in [-0.15, -0.1) is 0 Å². The van der Waals surface area contributed by atoms with Crippen LogP contribution in [0.3, 0.4) is 0 Å². The van der Waals surface area contributed by atoms with Gasteiger partial charge in [-0.1, -0.05) is 0 Å². The van der Waals surface area contributed by atoms with Crippen LogP contribution in [0.15, 0.2) is 47.4 Å². The molecule has 104 valence electrons. The van der Waals surface area contributed by atoms with E-state index in [0.717, 1.165) is 0 Å². The second kappa shape index (κ2) is 5.87. The number of nitro groups is 1. The van der Waals surface area contributed by atoms with Gasteiger partial charge in [0.15, 0.2) is 0 Å². The number of hydrogen-bond acceptors (Lipinski definition) is 5. The third kappa shape index (κ3) is 3.35. The predicted molar refractivity (Wildman–Crippen MR) is 73.7 cm³/mol. The third-order valence-electron chi connectivity index (χ3n) is 2.66.